The van der Waals surface area contributed by atoms with Gasteiger partial charge in [-0.3, -0.25) is 0 Å². The van der Waals surface area contributed by atoms with Crippen LogP contribution in [0.1, 0.15) is 10.4 Å². The quantitative estimate of drug-likeness (QED) is 0.657. The van der Waals surface area contributed by atoms with Crippen molar-refractivity contribution in [3.63, 3.8) is 0 Å². The largest absolute Gasteiger partial charge is 0.344 e. The second kappa shape index (κ2) is 4.91. The number of hydrogen-bond acceptors (Lipinski definition) is 2. The van der Waals surface area contributed by atoms with Crippen molar-refractivity contribution in [3.05, 3.63) is 65.3 Å². The van der Waals surface area contributed by atoms with Crippen molar-refractivity contribution < 1.29 is 0 Å². The standard InChI is InChI=1S/C15H10N2S/c1-2-4-12(5-3-1)6-7-13-8-9-14(18-13)15-16-10-11-17-15/h1-5,8-11H,(H,16,17). The molecule has 2 heterocycles. The summed E-state index contributed by atoms with van der Waals surface area (Å²) in [5.41, 5.74) is 1.03. The van der Waals surface area contributed by atoms with E-state index in [4.69, 9.17) is 0 Å². The molecule has 0 aliphatic heterocycles. The molecule has 0 radical (unpaired) electrons. The molecule has 18 heavy (non-hydrogen) atoms. The third kappa shape index (κ3) is 2.34. The Morgan fingerprint density at radius 3 is 2.67 bits per heavy atom. The SMILES string of the molecule is C(#Cc1ccc(-c2ncc[nH]2)s1)c1ccccc1. The van der Waals surface area contributed by atoms with Crippen molar-refractivity contribution >= 4 is 11.3 Å². The van der Waals surface area contributed by atoms with Gasteiger partial charge in [-0.25, -0.2) is 4.98 Å². The fraction of sp³-hybridized carbons (Fsp3) is 0. The molecule has 86 valence electrons. The predicted molar refractivity (Wildman–Crippen MR) is 74.3 cm³/mol. The van der Waals surface area contributed by atoms with E-state index in [1.54, 1.807) is 17.5 Å². The number of H-pyrrole nitrogens is 1. The highest BCUT2D eigenvalue weighted by Crippen LogP contribution is 2.24. The molecule has 0 unspecified atom stereocenters. The molecule has 0 bridgehead atoms. The van der Waals surface area contributed by atoms with Crippen LogP contribution in [-0.4, -0.2) is 9.97 Å². The molecule has 0 saturated carbocycles. The molecule has 3 heteroatoms. The van der Waals surface area contributed by atoms with Crippen LogP contribution in [0, 0.1) is 11.8 Å². The van der Waals surface area contributed by atoms with Gasteiger partial charge in [-0.1, -0.05) is 30.0 Å². The summed E-state index contributed by atoms with van der Waals surface area (Å²) in [6, 6.07) is 14.1. The lowest BCUT2D eigenvalue weighted by molar-refractivity contribution is 1.33. The van der Waals surface area contributed by atoms with E-state index in [1.807, 2.05) is 48.7 Å². The molecule has 3 aromatic rings. The average molecular weight is 250 g/mol. The maximum absolute atomic E-state index is 4.22. The Morgan fingerprint density at radius 1 is 1.00 bits per heavy atom. The molecule has 0 spiro atoms. The normalized spacial score (nSPS) is 9.78. The third-order valence-electron chi connectivity index (χ3n) is 2.44. The van der Waals surface area contributed by atoms with E-state index in [2.05, 4.69) is 21.8 Å². The number of nitrogens with zero attached hydrogens (tertiary/aromatic N) is 1. The Hall–Kier alpha value is -2.31. The van der Waals surface area contributed by atoms with Gasteiger partial charge < -0.3 is 4.98 Å². The fourth-order valence-electron chi connectivity index (χ4n) is 1.59. The molecule has 0 fully saturated rings. The van der Waals surface area contributed by atoms with Gasteiger partial charge in [0.25, 0.3) is 0 Å². The van der Waals surface area contributed by atoms with Crippen molar-refractivity contribution in [1.29, 1.82) is 0 Å². The van der Waals surface area contributed by atoms with Crippen LogP contribution >= 0.6 is 11.3 Å². The summed E-state index contributed by atoms with van der Waals surface area (Å²) in [4.78, 5) is 9.47. The first-order valence-electron chi connectivity index (χ1n) is 5.58. The van der Waals surface area contributed by atoms with Gasteiger partial charge >= 0.3 is 0 Å². The van der Waals surface area contributed by atoms with Crippen molar-refractivity contribution in [2.24, 2.45) is 0 Å². The summed E-state index contributed by atoms with van der Waals surface area (Å²) < 4.78 is 0. The van der Waals surface area contributed by atoms with Crippen molar-refractivity contribution in [3.8, 4) is 22.5 Å². The highest BCUT2D eigenvalue weighted by Gasteiger charge is 2.02. The van der Waals surface area contributed by atoms with E-state index in [-0.39, 0.29) is 0 Å². The van der Waals surface area contributed by atoms with Crippen LogP contribution in [-0.2, 0) is 0 Å². The van der Waals surface area contributed by atoms with Gasteiger partial charge in [-0.05, 0) is 24.3 Å². The van der Waals surface area contributed by atoms with Gasteiger partial charge in [0.15, 0.2) is 0 Å². The minimum Gasteiger partial charge on any atom is -0.344 e. The highest BCUT2D eigenvalue weighted by atomic mass is 32.1. The van der Waals surface area contributed by atoms with Crippen LogP contribution in [0.5, 0.6) is 0 Å². The summed E-state index contributed by atoms with van der Waals surface area (Å²) in [5.74, 6) is 7.22. The zero-order chi connectivity index (χ0) is 12.2. The number of thiophene rings is 1. The number of aromatic amines is 1. The molecule has 2 nitrogen and oxygen atoms in total. The van der Waals surface area contributed by atoms with E-state index in [0.29, 0.717) is 0 Å². The van der Waals surface area contributed by atoms with Crippen LogP contribution in [0.4, 0.5) is 0 Å². The Labute approximate surface area is 109 Å². The zero-order valence-corrected chi connectivity index (χ0v) is 10.4. The Balaban J connectivity index is 1.85. The molecule has 0 aliphatic rings. The minimum absolute atomic E-state index is 0.896. The fourth-order valence-corrected chi connectivity index (χ4v) is 2.41. The molecule has 0 atom stereocenters. The Morgan fingerprint density at radius 2 is 1.89 bits per heavy atom. The Bertz CT molecular complexity index is 685. The number of rotatable bonds is 1. The second-order valence-corrected chi connectivity index (χ2v) is 4.80. The van der Waals surface area contributed by atoms with Gasteiger partial charge in [0.05, 0.1) is 9.75 Å². The lowest BCUT2D eigenvalue weighted by Crippen LogP contribution is -1.71. The Kier molecular flexibility index (Phi) is 2.95. The molecule has 1 aromatic carbocycles. The monoisotopic (exact) mass is 250 g/mol. The molecular formula is C15H10N2S. The summed E-state index contributed by atoms with van der Waals surface area (Å²) in [6.07, 6.45) is 3.58. The van der Waals surface area contributed by atoms with Crippen molar-refractivity contribution in [2.75, 3.05) is 0 Å². The van der Waals surface area contributed by atoms with Gasteiger partial charge in [-0.15, -0.1) is 11.3 Å². The minimum atomic E-state index is 0.896. The second-order valence-electron chi connectivity index (χ2n) is 3.72. The van der Waals surface area contributed by atoms with Crippen molar-refractivity contribution in [1.82, 2.24) is 9.97 Å². The van der Waals surface area contributed by atoms with E-state index >= 15 is 0 Å². The van der Waals surface area contributed by atoms with Crippen LogP contribution in [0.2, 0.25) is 0 Å². The smallest absolute Gasteiger partial charge is 0.147 e. The molecular weight excluding hydrogens is 240 g/mol. The van der Waals surface area contributed by atoms with Crippen LogP contribution < -0.4 is 0 Å². The highest BCUT2D eigenvalue weighted by molar-refractivity contribution is 7.15. The summed E-state index contributed by atoms with van der Waals surface area (Å²) >= 11 is 1.64. The van der Waals surface area contributed by atoms with Crippen LogP contribution in [0.3, 0.4) is 0 Å². The predicted octanol–water partition coefficient (Wildman–Crippen LogP) is 3.54. The molecule has 0 amide bonds. The maximum atomic E-state index is 4.22. The van der Waals surface area contributed by atoms with E-state index in [0.717, 1.165) is 21.1 Å². The zero-order valence-electron chi connectivity index (χ0n) is 9.55. The van der Waals surface area contributed by atoms with E-state index in [9.17, 15) is 0 Å². The molecule has 1 N–H and O–H groups in total. The summed E-state index contributed by atoms with van der Waals surface area (Å²) in [6.45, 7) is 0. The van der Waals surface area contributed by atoms with E-state index in [1.165, 1.54) is 0 Å². The topological polar surface area (TPSA) is 28.7 Å². The van der Waals surface area contributed by atoms with Gasteiger partial charge in [0.1, 0.15) is 5.82 Å². The number of nitrogens with one attached hydrogen (secondary N) is 1. The molecule has 0 aliphatic carbocycles. The molecule has 2 aromatic heterocycles. The maximum Gasteiger partial charge on any atom is 0.147 e. The van der Waals surface area contributed by atoms with Crippen LogP contribution in [0.15, 0.2) is 54.9 Å². The van der Waals surface area contributed by atoms with Gasteiger partial charge in [-0.2, -0.15) is 0 Å². The number of imidazole rings is 1. The average Bonchev–Trinajstić information content (AvgIpc) is 3.08. The van der Waals surface area contributed by atoms with E-state index < -0.39 is 0 Å². The molecule has 0 saturated heterocycles. The van der Waals surface area contributed by atoms with Crippen LogP contribution in [0.25, 0.3) is 10.7 Å². The number of aromatic nitrogens is 2. The lowest BCUT2D eigenvalue weighted by atomic mass is 10.2. The van der Waals surface area contributed by atoms with Gasteiger partial charge in [0.2, 0.25) is 0 Å². The first-order chi connectivity index (χ1) is 8.92. The lowest BCUT2D eigenvalue weighted by Gasteiger charge is -1.87. The number of benzene rings is 1. The summed E-state index contributed by atoms with van der Waals surface area (Å²) in [7, 11) is 0. The summed E-state index contributed by atoms with van der Waals surface area (Å²) in [5, 5.41) is 0. The molecule has 3 rings (SSSR count). The first kappa shape index (κ1) is 10.8. The van der Waals surface area contributed by atoms with Gasteiger partial charge in [0, 0.05) is 18.0 Å². The van der Waals surface area contributed by atoms with Crippen molar-refractivity contribution in [2.45, 2.75) is 0 Å². The first-order valence-corrected chi connectivity index (χ1v) is 6.40. The number of hydrogen-bond donors (Lipinski definition) is 1. The third-order valence-corrected chi connectivity index (χ3v) is 3.45.